The zero-order valence-corrected chi connectivity index (χ0v) is 29.9. The van der Waals surface area contributed by atoms with Gasteiger partial charge in [0.15, 0.2) is 0 Å². The third-order valence-electron chi connectivity index (χ3n) is 11.7. The zero-order valence-electron chi connectivity index (χ0n) is 29.1. The fourth-order valence-electron chi connectivity index (χ4n) is 9.15. The molecular formula is C51H34S. The van der Waals surface area contributed by atoms with Crippen molar-refractivity contribution in [2.45, 2.75) is 19.3 Å². The summed E-state index contributed by atoms with van der Waals surface area (Å²) in [4.78, 5) is 0. The maximum Gasteiger partial charge on any atom is 0.0355 e. The largest absolute Gasteiger partial charge is 0.135 e. The summed E-state index contributed by atoms with van der Waals surface area (Å²) in [6, 6.07) is 63.6. The van der Waals surface area contributed by atoms with Crippen LogP contribution >= 0.6 is 11.3 Å². The lowest BCUT2D eigenvalue weighted by molar-refractivity contribution is 0.661. The number of fused-ring (bicyclic) bond motifs is 10. The summed E-state index contributed by atoms with van der Waals surface area (Å²) in [6.45, 7) is 4.75. The first kappa shape index (κ1) is 29.7. The van der Waals surface area contributed by atoms with Crippen LogP contribution in [0.4, 0.5) is 0 Å². The lowest BCUT2D eigenvalue weighted by Crippen LogP contribution is -2.15. The standard InChI is InChI=1S/C51H34S/c1-51(2)44-27-24-32-11-3-4-12-36(32)50(44)42-26-23-34(30-45(42)51)31-19-21-33(22-20-31)48-38-14-5-7-16-40(38)49(41-17-8-6-15-39(41)48)35-25-28-47-43(29-35)37-13-9-10-18-46(37)52-47/h3-30H,1-2H3. The fraction of sp³-hybridized carbons (Fsp3) is 0.0588. The molecule has 0 nitrogen and oxygen atoms in total. The SMILES string of the molecule is CC1(C)c2cc(-c3ccc(-c4c5ccccc5c(-c5ccc6sc7ccccc7c6c5)c5ccccc45)cc3)ccc2-c2c1ccc1ccccc21. The van der Waals surface area contributed by atoms with Crippen LogP contribution in [0.1, 0.15) is 25.0 Å². The number of benzene rings is 9. The summed E-state index contributed by atoms with van der Waals surface area (Å²) in [6.07, 6.45) is 0. The first-order valence-electron chi connectivity index (χ1n) is 18.2. The highest BCUT2D eigenvalue weighted by atomic mass is 32.1. The van der Waals surface area contributed by atoms with Crippen LogP contribution in [0.25, 0.3) is 97.0 Å². The van der Waals surface area contributed by atoms with E-state index in [1.54, 1.807) is 0 Å². The van der Waals surface area contributed by atoms with Crippen LogP contribution in [0.3, 0.4) is 0 Å². The molecule has 0 unspecified atom stereocenters. The highest BCUT2D eigenvalue weighted by Gasteiger charge is 2.36. The Morgan fingerprint density at radius 2 is 0.885 bits per heavy atom. The molecule has 0 radical (unpaired) electrons. The molecule has 0 aliphatic heterocycles. The highest BCUT2D eigenvalue weighted by Crippen LogP contribution is 2.52. The highest BCUT2D eigenvalue weighted by molar-refractivity contribution is 7.25. The molecule has 52 heavy (non-hydrogen) atoms. The van der Waals surface area contributed by atoms with Crippen LogP contribution < -0.4 is 0 Å². The van der Waals surface area contributed by atoms with E-state index in [0.29, 0.717) is 0 Å². The van der Waals surface area contributed by atoms with Gasteiger partial charge in [-0.25, -0.2) is 0 Å². The van der Waals surface area contributed by atoms with E-state index in [1.165, 1.54) is 108 Å². The number of hydrogen-bond acceptors (Lipinski definition) is 1. The van der Waals surface area contributed by atoms with Gasteiger partial charge in [-0.1, -0.05) is 159 Å². The van der Waals surface area contributed by atoms with Crippen molar-refractivity contribution >= 4 is 63.8 Å². The summed E-state index contributed by atoms with van der Waals surface area (Å²) in [5.74, 6) is 0. The van der Waals surface area contributed by atoms with Crippen LogP contribution in [0, 0.1) is 0 Å². The second-order valence-corrected chi connectivity index (χ2v) is 15.9. The van der Waals surface area contributed by atoms with Crippen LogP contribution in [0.2, 0.25) is 0 Å². The molecule has 0 fully saturated rings. The van der Waals surface area contributed by atoms with E-state index >= 15 is 0 Å². The number of rotatable bonds is 3. The first-order chi connectivity index (χ1) is 25.5. The molecule has 0 saturated heterocycles. The monoisotopic (exact) mass is 678 g/mol. The summed E-state index contributed by atoms with van der Waals surface area (Å²) >= 11 is 1.87. The van der Waals surface area contributed by atoms with Crippen molar-refractivity contribution in [3.8, 4) is 44.5 Å². The van der Waals surface area contributed by atoms with Crippen LogP contribution in [0.15, 0.2) is 170 Å². The molecule has 11 rings (SSSR count). The van der Waals surface area contributed by atoms with Gasteiger partial charge in [0.1, 0.15) is 0 Å². The lowest BCUT2D eigenvalue weighted by Gasteiger charge is -2.22. The molecule has 1 aromatic heterocycles. The van der Waals surface area contributed by atoms with E-state index in [2.05, 4.69) is 184 Å². The van der Waals surface area contributed by atoms with Crippen LogP contribution in [-0.2, 0) is 5.41 Å². The van der Waals surface area contributed by atoms with Crippen LogP contribution in [-0.4, -0.2) is 0 Å². The average Bonchev–Trinajstić information content (AvgIpc) is 3.68. The van der Waals surface area contributed by atoms with Gasteiger partial charge in [0, 0.05) is 25.6 Å². The first-order valence-corrected chi connectivity index (χ1v) is 19.0. The predicted molar refractivity (Wildman–Crippen MR) is 226 cm³/mol. The lowest BCUT2D eigenvalue weighted by atomic mass is 9.81. The second kappa shape index (κ2) is 11.0. The average molecular weight is 679 g/mol. The quantitative estimate of drug-likeness (QED) is 0.163. The van der Waals surface area contributed by atoms with Crippen molar-refractivity contribution < 1.29 is 0 Å². The van der Waals surface area contributed by atoms with E-state index in [-0.39, 0.29) is 5.41 Å². The van der Waals surface area contributed by atoms with Gasteiger partial charge in [0.05, 0.1) is 0 Å². The maximum atomic E-state index is 2.44. The minimum atomic E-state index is -0.0642. The van der Waals surface area contributed by atoms with Crippen molar-refractivity contribution in [2.75, 3.05) is 0 Å². The Morgan fingerprint density at radius 3 is 1.60 bits per heavy atom. The molecule has 0 bridgehead atoms. The van der Waals surface area contributed by atoms with Gasteiger partial charge in [0.2, 0.25) is 0 Å². The van der Waals surface area contributed by atoms with Gasteiger partial charge in [-0.2, -0.15) is 0 Å². The van der Waals surface area contributed by atoms with E-state index < -0.39 is 0 Å². The Hall–Kier alpha value is -6.02. The third kappa shape index (κ3) is 4.21. The zero-order chi connectivity index (χ0) is 34.6. The molecule has 1 heterocycles. The number of thiophene rings is 1. The van der Waals surface area contributed by atoms with Crippen molar-refractivity contribution in [3.05, 3.63) is 181 Å². The molecular weight excluding hydrogens is 645 g/mol. The van der Waals surface area contributed by atoms with Crippen molar-refractivity contribution in [3.63, 3.8) is 0 Å². The van der Waals surface area contributed by atoms with Gasteiger partial charge in [-0.3, -0.25) is 0 Å². The van der Waals surface area contributed by atoms with E-state index in [4.69, 9.17) is 0 Å². The molecule has 0 amide bonds. The minimum absolute atomic E-state index is 0.0642. The van der Waals surface area contributed by atoms with Gasteiger partial charge >= 0.3 is 0 Å². The molecule has 0 atom stereocenters. The third-order valence-corrected chi connectivity index (χ3v) is 12.8. The summed E-state index contributed by atoms with van der Waals surface area (Å²) < 4.78 is 2.67. The smallest absolute Gasteiger partial charge is 0.0355 e. The summed E-state index contributed by atoms with van der Waals surface area (Å²) in [5, 5.41) is 10.4. The van der Waals surface area contributed by atoms with Gasteiger partial charge in [0.25, 0.3) is 0 Å². The number of hydrogen-bond donors (Lipinski definition) is 0. The Morgan fingerprint density at radius 1 is 0.346 bits per heavy atom. The molecule has 0 spiro atoms. The van der Waals surface area contributed by atoms with E-state index in [0.717, 1.165) is 0 Å². The minimum Gasteiger partial charge on any atom is -0.135 e. The summed E-state index contributed by atoms with van der Waals surface area (Å²) in [5.41, 5.74) is 13.1. The van der Waals surface area contributed by atoms with E-state index in [9.17, 15) is 0 Å². The van der Waals surface area contributed by atoms with Crippen molar-refractivity contribution in [2.24, 2.45) is 0 Å². The molecule has 1 aliphatic rings. The Kier molecular flexibility index (Phi) is 6.27. The van der Waals surface area contributed by atoms with Gasteiger partial charge in [-0.15, -0.1) is 11.3 Å². The topological polar surface area (TPSA) is 0 Å². The predicted octanol–water partition coefficient (Wildman–Crippen LogP) is 14.8. The van der Waals surface area contributed by atoms with E-state index in [1.807, 2.05) is 11.3 Å². The van der Waals surface area contributed by atoms with Crippen molar-refractivity contribution in [1.82, 2.24) is 0 Å². The van der Waals surface area contributed by atoms with Gasteiger partial charge in [-0.05, 0) is 112 Å². The Balaban J connectivity index is 1.05. The van der Waals surface area contributed by atoms with Gasteiger partial charge < -0.3 is 0 Å². The van der Waals surface area contributed by atoms with Crippen molar-refractivity contribution in [1.29, 1.82) is 0 Å². The normalized spacial score (nSPS) is 13.3. The molecule has 0 saturated carbocycles. The maximum absolute atomic E-state index is 2.44. The molecule has 0 N–H and O–H groups in total. The fourth-order valence-corrected chi connectivity index (χ4v) is 10.2. The van der Waals surface area contributed by atoms with Crippen LogP contribution in [0.5, 0.6) is 0 Å². The summed E-state index contributed by atoms with van der Waals surface area (Å²) in [7, 11) is 0. The molecule has 1 heteroatoms. The Labute approximate surface area is 307 Å². The molecule has 10 aromatic rings. The molecule has 9 aromatic carbocycles. The molecule has 1 aliphatic carbocycles. The Bertz CT molecular complexity index is 3030. The molecule has 244 valence electrons. The second-order valence-electron chi connectivity index (χ2n) is 14.8.